The molecule has 0 aliphatic carbocycles. The smallest absolute Gasteiger partial charge is 0.248 e. The summed E-state index contributed by atoms with van der Waals surface area (Å²) in [5.41, 5.74) is 0. The number of amides is 2. The van der Waals surface area contributed by atoms with Crippen LogP contribution in [0.5, 0.6) is 0 Å². The molecule has 1 aliphatic rings. The van der Waals surface area contributed by atoms with Crippen molar-refractivity contribution in [3.63, 3.8) is 0 Å². The van der Waals surface area contributed by atoms with E-state index >= 15 is 0 Å². The highest BCUT2D eigenvalue weighted by atomic mass is 32.1. The topological polar surface area (TPSA) is 61.4 Å². The molecule has 98 valence electrons. The van der Waals surface area contributed by atoms with E-state index in [9.17, 15) is 9.59 Å². The molecule has 1 unspecified atom stereocenters. The maximum absolute atomic E-state index is 12.1. The first kappa shape index (κ1) is 13.0. The second-order valence-corrected chi connectivity index (χ2v) is 5.13. The van der Waals surface area contributed by atoms with Gasteiger partial charge >= 0.3 is 0 Å². The van der Waals surface area contributed by atoms with Crippen LogP contribution < -0.4 is 10.6 Å². The van der Waals surface area contributed by atoms with Gasteiger partial charge in [-0.3, -0.25) is 9.59 Å². The second-order valence-electron chi connectivity index (χ2n) is 4.15. The highest BCUT2D eigenvalue weighted by Crippen LogP contribution is 2.27. The molecule has 1 atom stereocenters. The third kappa shape index (κ3) is 2.70. The van der Waals surface area contributed by atoms with Crippen molar-refractivity contribution in [1.29, 1.82) is 0 Å². The van der Waals surface area contributed by atoms with Crippen molar-refractivity contribution >= 4 is 23.2 Å². The lowest BCUT2D eigenvalue weighted by Gasteiger charge is -2.34. The summed E-state index contributed by atoms with van der Waals surface area (Å²) < 4.78 is 0. The molecule has 2 amide bonds. The van der Waals surface area contributed by atoms with E-state index in [2.05, 4.69) is 10.6 Å². The van der Waals surface area contributed by atoms with E-state index in [1.165, 1.54) is 11.3 Å². The molecule has 1 aromatic heterocycles. The fourth-order valence-electron chi connectivity index (χ4n) is 2.04. The van der Waals surface area contributed by atoms with Crippen LogP contribution in [0.3, 0.4) is 0 Å². The quantitative estimate of drug-likeness (QED) is 0.828. The van der Waals surface area contributed by atoms with E-state index in [0.717, 1.165) is 4.88 Å². The molecule has 6 heteroatoms. The SMILES string of the molecule is CNCCC(=O)N1CCNC(=O)C1c1cccs1. The third-order valence-corrected chi connectivity index (χ3v) is 3.86. The Bertz CT molecular complexity index is 419. The van der Waals surface area contributed by atoms with Gasteiger partial charge in [0, 0.05) is 30.9 Å². The molecule has 2 heterocycles. The molecule has 1 fully saturated rings. The molecule has 1 aliphatic heterocycles. The lowest BCUT2D eigenvalue weighted by Crippen LogP contribution is -2.52. The number of carbonyl (C=O) groups excluding carboxylic acids is 2. The van der Waals surface area contributed by atoms with Gasteiger partial charge in [0.25, 0.3) is 0 Å². The zero-order chi connectivity index (χ0) is 13.0. The Hall–Kier alpha value is -1.40. The van der Waals surface area contributed by atoms with Gasteiger partial charge in [0.1, 0.15) is 6.04 Å². The largest absolute Gasteiger partial charge is 0.352 e. The number of hydrogen-bond acceptors (Lipinski definition) is 4. The summed E-state index contributed by atoms with van der Waals surface area (Å²) >= 11 is 1.51. The van der Waals surface area contributed by atoms with E-state index in [1.807, 2.05) is 24.6 Å². The van der Waals surface area contributed by atoms with Crippen LogP contribution in [-0.4, -0.2) is 43.4 Å². The minimum absolute atomic E-state index is 0.0256. The number of nitrogens with zero attached hydrogens (tertiary/aromatic N) is 1. The first-order chi connectivity index (χ1) is 8.74. The van der Waals surface area contributed by atoms with Crippen LogP contribution in [-0.2, 0) is 9.59 Å². The summed E-state index contributed by atoms with van der Waals surface area (Å²) in [4.78, 5) is 26.7. The zero-order valence-electron chi connectivity index (χ0n) is 10.3. The van der Waals surface area contributed by atoms with Gasteiger partial charge in [0.05, 0.1) is 0 Å². The molecule has 2 rings (SSSR count). The predicted octanol–water partition coefficient (Wildman–Crippen LogP) is 0.357. The molecule has 0 bridgehead atoms. The van der Waals surface area contributed by atoms with Crippen molar-refractivity contribution < 1.29 is 9.59 Å². The fourth-order valence-corrected chi connectivity index (χ4v) is 2.88. The Morgan fingerprint density at radius 2 is 2.50 bits per heavy atom. The van der Waals surface area contributed by atoms with E-state index in [1.54, 1.807) is 4.90 Å². The van der Waals surface area contributed by atoms with Gasteiger partial charge in [-0.2, -0.15) is 0 Å². The van der Waals surface area contributed by atoms with E-state index < -0.39 is 6.04 Å². The summed E-state index contributed by atoms with van der Waals surface area (Å²) in [7, 11) is 1.81. The molecular weight excluding hydrogens is 250 g/mol. The first-order valence-corrected chi connectivity index (χ1v) is 6.87. The van der Waals surface area contributed by atoms with Crippen LogP contribution in [0.4, 0.5) is 0 Å². The van der Waals surface area contributed by atoms with Gasteiger partial charge in [-0.05, 0) is 18.5 Å². The Morgan fingerprint density at radius 1 is 1.67 bits per heavy atom. The van der Waals surface area contributed by atoms with Crippen molar-refractivity contribution in [2.24, 2.45) is 0 Å². The van der Waals surface area contributed by atoms with Crippen LogP contribution in [0.2, 0.25) is 0 Å². The summed E-state index contributed by atoms with van der Waals surface area (Å²) in [5.74, 6) is -0.0564. The number of piperazine rings is 1. The molecular formula is C12H17N3O2S. The molecule has 0 aromatic carbocycles. The summed E-state index contributed by atoms with van der Waals surface area (Å²) in [6.45, 7) is 1.75. The van der Waals surface area contributed by atoms with Gasteiger partial charge in [-0.25, -0.2) is 0 Å². The predicted molar refractivity (Wildman–Crippen MR) is 70.3 cm³/mol. The average molecular weight is 267 g/mol. The number of nitrogens with one attached hydrogen (secondary N) is 2. The Morgan fingerprint density at radius 3 is 3.17 bits per heavy atom. The van der Waals surface area contributed by atoms with Crippen LogP contribution in [0.25, 0.3) is 0 Å². The van der Waals surface area contributed by atoms with Crippen LogP contribution >= 0.6 is 11.3 Å². The maximum Gasteiger partial charge on any atom is 0.248 e. The summed E-state index contributed by atoms with van der Waals surface area (Å²) in [6, 6.07) is 3.35. The Kier molecular flexibility index (Phi) is 4.33. The fraction of sp³-hybridized carbons (Fsp3) is 0.500. The average Bonchev–Trinajstić information content (AvgIpc) is 2.89. The Balaban J connectivity index is 2.15. The van der Waals surface area contributed by atoms with Gasteiger partial charge < -0.3 is 15.5 Å². The molecule has 0 radical (unpaired) electrons. The highest BCUT2D eigenvalue weighted by molar-refractivity contribution is 7.10. The van der Waals surface area contributed by atoms with E-state index in [-0.39, 0.29) is 11.8 Å². The van der Waals surface area contributed by atoms with Crippen molar-refractivity contribution in [3.8, 4) is 0 Å². The molecule has 5 nitrogen and oxygen atoms in total. The highest BCUT2D eigenvalue weighted by Gasteiger charge is 2.34. The van der Waals surface area contributed by atoms with Crippen molar-refractivity contribution in [2.45, 2.75) is 12.5 Å². The number of hydrogen-bond donors (Lipinski definition) is 2. The van der Waals surface area contributed by atoms with Crippen molar-refractivity contribution in [3.05, 3.63) is 22.4 Å². The minimum Gasteiger partial charge on any atom is -0.352 e. The molecule has 1 saturated heterocycles. The van der Waals surface area contributed by atoms with Gasteiger partial charge in [0.15, 0.2) is 0 Å². The molecule has 0 spiro atoms. The van der Waals surface area contributed by atoms with Crippen LogP contribution in [0.15, 0.2) is 17.5 Å². The molecule has 2 N–H and O–H groups in total. The van der Waals surface area contributed by atoms with Gasteiger partial charge in [-0.15, -0.1) is 11.3 Å². The molecule has 0 saturated carbocycles. The van der Waals surface area contributed by atoms with Crippen LogP contribution in [0, 0.1) is 0 Å². The van der Waals surface area contributed by atoms with Gasteiger partial charge in [-0.1, -0.05) is 6.07 Å². The minimum atomic E-state index is -0.455. The summed E-state index contributed by atoms with van der Waals surface area (Å²) in [5, 5.41) is 7.70. The number of carbonyl (C=O) groups is 2. The molecule has 18 heavy (non-hydrogen) atoms. The normalized spacial score (nSPS) is 19.7. The second kappa shape index (κ2) is 5.97. The lowest BCUT2D eigenvalue weighted by atomic mass is 10.1. The first-order valence-electron chi connectivity index (χ1n) is 5.99. The van der Waals surface area contributed by atoms with Crippen molar-refractivity contribution in [2.75, 3.05) is 26.7 Å². The molecule has 1 aromatic rings. The van der Waals surface area contributed by atoms with Crippen molar-refractivity contribution in [1.82, 2.24) is 15.5 Å². The zero-order valence-corrected chi connectivity index (χ0v) is 11.1. The summed E-state index contributed by atoms with van der Waals surface area (Å²) in [6.07, 6.45) is 0.422. The maximum atomic E-state index is 12.1. The number of rotatable bonds is 4. The monoisotopic (exact) mass is 267 g/mol. The lowest BCUT2D eigenvalue weighted by molar-refractivity contribution is -0.143. The number of thiophene rings is 1. The van der Waals surface area contributed by atoms with E-state index in [0.29, 0.717) is 26.1 Å². The standard InChI is InChI=1S/C12H17N3O2S/c1-13-5-4-10(16)15-7-6-14-12(17)11(15)9-3-2-8-18-9/h2-3,8,11,13H,4-7H2,1H3,(H,14,17). The Labute approximate surface area is 110 Å². The van der Waals surface area contributed by atoms with Crippen LogP contribution in [0.1, 0.15) is 17.3 Å². The van der Waals surface area contributed by atoms with Gasteiger partial charge in [0.2, 0.25) is 11.8 Å². The third-order valence-electron chi connectivity index (χ3n) is 2.93. The van der Waals surface area contributed by atoms with E-state index in [4.69, 9.17) is 0 Å².